The summed E-state index contributed by atoms with van der Waals surface area (Å²) in [7, 11) is 3.24. The highest BCUT2D eigenvalue weighted by Gasteiger charge is 2.40. The Morgan fingerprint density at radius 1 is 1.09 bits per heavy atom. The fourth-order valence-corrected chi connectivity index (χ4v) is 3.59. The second-order valence-corrected chi connectivity index (χ2v) is 7.95. The highest BCUT2D eigenvalue weighted by molar-refractivity contribution is 6.12. The Balaban J connectivity index is 2.48. The van der Waals surface area contributed by atoms with E-state index in [1.807, 2.05) is 12.1 Å². The third kappa shape index (κ3) is 4.03. The van der Waals surface area contributed by atoms with Gasteiger partial charge in [0.1, 0.15) is 29.6 Å². The summed E-state index contributed by atoms with van der Waals surface area (Å²) in [5.41, 5.74) is 2.64. The Bertz CT molecular complexity index is 1340. The number of nitrogens with one attached hydrogen (secondary N) is 1. The molecule has 1 aliphatic heterocycles. The topological polar surface area (TPSA) is 186 Å². The van der Waals surface area contributed by atoms with Crippen LogP contribution >= 0.6 is 0 Å². The summed E-state index contributed by atoms with van der Waals surface area (Å²) in [4.78, 5) is 16.8. The Labute approximate surface area is 197 Å². The zero-order valence-electron chi connectivity index (χ0n) is 19.4. The van der Waals surface area contributed by atoms with E-state index in [0.29, 0.717) is 40.7 Å². The zero-order valence-corrected chi connectivity index (χ0v) is 19.4. The van der Waals surface area contributed by atoms with Gasteiger partial charge in [0.2, 0.25) is 0 Å². The van der Waals surface area contributed by atoms with Crippen LogP contribution in [0.3, 0.4) is 0 Å². The molecule has 0 bridgehead atoms. The quantitative estimate of drug-likeness (QED) is 0.299. The van der Waals surface area contributed by atoms with E-state index in [0.717, 1.165) is 0 Å². The van der Waals surface area contributed by atoms with E-state index < -0.39 is 12.0 Å². The monoisotopic (exact) mass is 451 g/mol. The molecule has 3 unspecified atom stereocenters. The minimum absolute atomic E-state index is 0.0884. The molecule has 1 saturated heterocycles. The van der Waals surface area contributed by atoms with Crippen LogP contribution in [0.1, 0.15) is 55.5 Å². The molecule has 1 aliphatic carbocycles. The van der Waals surface area contributed by atoms with Crippen molar-refractivity contribution >= 4 is 11.4 Å². The Hall–Kier alpha value is -4.76. The van der Waals surface area contributed by atoms with Crippen molar-refractivity contribution in [1.82, 2.24) is 25.1 Å². The maximum atomic E-state index is 9.81. The van der Waals surface area contributed by atoms with Gasteiger partial charge in [-0.05, 0) is 13.8 Å². The van der Waals surface area contributed by atoms with Gasteiger partial charge in [0.15, 0.2) is 17.6 Å². The number of aromatic nitrogens is 2. The number of fused-ring (bicyclic) bond motifs is 1. The van der Waals surface area contributed by atoms with Crippen molar-refractivity contribution in [1.29, 1.82) is 26.3 Å². The van der Waals surface area contributed by atoms with E-state index in [1.54, 1.807) is 32.8 Å². The van der Waals surface area contributed by atoms with Crippen LogP contribution in [-0.2, 0) is 0 Å². The SMILES string of the molecule is C/C(C#N)=C(/C#N)N=C1C(N(C)C(C)C#N)=C(N(C)C#N)c2nc(C3CN3)c(C#N)nc2C1C. The average Bonchev–Trinajstić information content (AvgIpc) is 3.70. The summed E-state index contributed by atoms with van der Waals surface area (Å²) in [5, 5.41) is 51.2. The predicted octanol–water partition coefficient (Wildman–Crippen LogP) is 1.80. The Morgan fingerprint density at radius 3 is 2.26 bits per heavy atom. The first kappa shape index (κ1) is 23.9. The molecule has 0 aromatic carbocycles. The number of nitriles is 5. The summed E-state index contributed by atoms with van der Waals surface area (Å²) in [6, 6.07) is 7.44. The lowest BCUT2D eigenvalue weighted by Gasteiger charge is -2.36. The van der Waals surface area contributed by atoms with Gasteiger partial charge in [-0.3, -0.25) is 4.90 Å². The van der Waals surface area contributed by atoms with Crippen LogP contribution in [0.2, 0.25) is 0 Å². The van der Waals surface area contributed by atoms with Gasteiger partial charge in [0.25, 0.3) is 0 Å². The predicted molar refractivity (Wildman–Crippen MR) is 120 cm³/mol. The van der Waals surface area contributed by atoms with Crippen LogP contribution in [0.25, 0.3) is 5.70 Å². The summed E-state index contributed by atoms with van der Waals surface area (Å²) in [5.74, 6) is -0.551. The second-order valence-electron chi connectivity index (χ2n) is 7.95. The average molecular weight is 451 g/mol. The van der Waals surface area contributed by atoms with E-state index in [-0.39, 0.29) is 23.0 Å². The normalized spacial score (nSPS) is 21.0. The maximum absolute atomic E-state index is 9.81. The molecule has 1 N–H and O–H groups in total. The van der Waals surface area contributed by atoms with Gasteiger partial charge in [0, 0.05) is 26.6 Å². The largest absolute Gasteiger partial charge is 0.356 e. The lowest BCUT2D eigenvalue weighted by atomic mass is 9.87. The number of allylic oxidation sites excluding steroid dienone is 3. The first-order valence-electron chi connectivity index (χ1n) is 10.4. The van der Waals surface area contributed by atoms with Crippen LogP contribution in [0.5, 0.6) is 0 Å². The van der Waals surface area contributed by atoms with Crippen molar-refractivity contribution in [2.75, 3.05) is 20.6 Å². The number of nitrogens with zero attached hydrogens (tertiary/aromatic N) is 10. The van der Waals surface area contributed by atoms with Crippen LogP contribution in [0.4, 0.5) is 0 Å². The molecule has 0 saturated carbocycles. The van der Waals surface area contributed by atoms with Crippen molar-refractivity contribution in [3.8, 4) is 30.5 Å². The maximum Gasteiger partial charge on any atom is 0.184 e. The minimum Gasteiger partial charge on any atom is -0.356 e. The third-order valence-corrected chi connectivity index (χ3v) is 5.77. The summed E-state index contributed by atoms with van der Waals surface area (Å²) < 4.78 is 0. The molecule has 1 aromatic rings. The molecule has 11 heteroatoms. The molecule has 0 radical (unpaired) electrons. The van der Waals surface area contributed by atoms with Crippen molar-refractivity contribution in [3.63, 3.8) is 0 Å². The fraction of sp³-hybridized carbons (Fsp3) is 0.391. The van der Waals surface area contributed by atoms with Crippen molar-refractivity contribution < 1.29 is 0 Å². The van der Waals surface area contributed by atoms with E-state index >= 15 is 0 Å². The standard InChI is InChI=1S/C23H21N11/c1-12(6-24)15(8-26)30-19-14(3)18-21(32-20(17-10-29-17)16(9-27)31-18)22(33(4)11-28)23(19)34(5)13(2)7-25/h13-14,17,29H,10H2,1-5H3/b15-12+,30-19?. The van der Waals surface area contributed by atoms with Crippen LogP contribution < -0.4 is 5.32 Å². The molecule has 1 aromatic heterocycles. The summed E-state index contributed by atoms with van der Waals surface area (Å²) in [6.45, 7) is 5.65. The van der Waals surface area contributed by atoms with E-state index in [2.05, 4.69) is 33.6 Å². The van der Waals surface area contributed by atoms with E-state index in [9.17, 15) is 26.3 Å². The number of rotatable bonds is 5. The fourth-order valence-electron chi connectivity index (χ4n) is 3.59. The summed E-state index contributed by atoms with van der Waals surface area (Å²) >= 11 is 0. The number of aliphatic imine (C=N–C) groups is 1. The highest BCUT2D eigenvalue weighted by Crippen LogP contribution is 2.40. The van der Waals surface area contributed by atoms with Crippen LogP contribution in [0, 0.1) is 56.8 Å². The van der Waals surface area contributed by atoms with Gasteiger partial charge in [0.05, 0.1) is 46.5 Å². The Morgan fingerprint density at radius 2 is 1.76 bits per heavy atom. The smallest absolute Gasteiger partial charge is 0.184 e. The first-order chi connectivity index (χ1) is 16.2. The molecule has 2 heterocycles. The van der Waals surface area contributed by atoms with E-state index in [4.69, 9.17) is 4.98 Å². The lowest BCUT2D eigenvalue weighted by Crippen LogP contribution is -2.39. The molecule has 34 heavy (non-hydrogen) atoms. The minimum atomic E-state index is -0.612. The molecule has 11 nitrogen and oxygen atoms in total. The second kappa shape index (κ2) is 9.39. The van der Waals surface area contributed by atoms with Gasteiger partial charge < -0.3 is 10.2 Å². The molecule has 0 spiro atoms. The Kier molecular flexibility index (Phi) is 6.60. The van der Waals surface area contributed by atoms with Crippen molar-refractivity contribution in [3.05, 3.63) is 39.7 Å². The number of hydrogen-bond acceptors (Lipinski definition) is 11. The third-order valence-electron chi connectivity index (χ3n) is 5.77. The van der Waals surface area contributed by atoms with Crippen LogP contribution in [0.15, 0.2) is 22.0 Å². The molecule has 168 valence electrons. The van der Waals surface area contributed by atoms with Crippen molar-refractivity contribution in [2.24, 2.45) is 4.99 Å². The molecular formula is C23H21N11. The molecule has 2 aliphatic rings. The molecule has 3 atom stereocenters. The summed E-state index contributed by atoms with van der Waals surface area (Å²) in [6.07, 6.45) is 2.08. The zero-order chi connectivity index (χ0) is 25.2. The molecular weight excluding hydrogens is 430 g/mol. The van der Waals surface area contributed by atoms with Crippen LogP contribution in [-0.4, -0.2) is 52.2 Å². The number of hydrogen-bond donors (Lipinski definition) is 1. The van der Waals surface area contributed by atoms with Gasteiger partial charge in [-0.15, -0.1) is 0 Å². The van der Waals surface area contributed by atoms with Gasteiger partial charge >= 0.3 is 0 Å². The van der Waals surface area contributed by atoms with Gasteiger partial charge in [-0.25, -0.2) is 15.0 Å². The van der Waals surface area contributed by atoms with Gasteiger partial charge in [-0.2, -0.15) is 26.3 Å². The van der Waals surface area contributed by atoms with Gasteiger partial charge in [-0.1, -0.05) is 6.92 Å². The molecule has 0 amide bonds. The molecule has 3 rings (SSSR count). The first-order valence-corrected chi connectivity index (χ1v) is 10.4. The van der Waals surface area contributed by atoms with E-state index in [1.165, 1.54) is 11.8 Å². The lowest BCUT2D eigenvalue weighted by molar-refractivity contribution is 0.390. The highest BCUT2D eigenvalue weighted by atomic mass is 15.2. The van der Waals surface area contributed by atoms with Crippen molar-refractivity contribution in [2.45, 2.75) is 38.8 Å². The molecule has 1 fully saturated rings.